The molecule has 1 rings (SSSR count). The first kappa shape index (κ1) is 16.2. The molecule has 1 fully saturated rings. The van der Waals surface area contributed by atoms with Crippen LogP contribution in [0.3, 0.4) is 0 Å². The molecule has 6 nitrogen and oxygen atoms in total. The van der Waals surface area contributed by atoms with Crippen molar-refractivity contribution in [3.05, 3.63) is 0 Å². The van der Waals surface area contributed by atoms with Crippen LogP contribution in [0.1, 0.15) is 20.8 Å². The third-order valence-corrected chi connectivity index (χ3v) is 2.76. The Labute approximate surface area is 116 Å². The molecule has 0 bridgehead atoms. The number of ether oxygens (including phenoxy) is 2. The lowest BCUT2D eigenvalue weighted by atomic mass is 10.2. The number of nitrogens with one attached hydrogen (secondary N) is 1. The molecule has 1 aliphatic heterocycles. The first-order chi connectivity index (χ1) is 8.88. The summed E-state index contributed by atoms with van der Waals surface area (Å²) in [4.78, 5) is 15.5. The van der Waals surface area contributed by atoms with Gasteiger partial charge in [-0.05, 0) is 20.8 Å². The molecule has 1 amide bonds. The Hall–Kier alpha value is -0.850. The lowest BCUT2D eigenvalue weighted by Crippen LogP contribution is -2.44. The quantitative estimate of drug-likeness (QED) is 0.749. The van der Waals surface area contributed by atoms with Gasteiger partial charge in [-0.15, -0.1) is 0 Å². The van der Waals surface area contributed by atoms with E-state index < -0.39 is 5.60 Å². The number of hydrogen-bond acceptors (Lipinski definition) is 5. The van der Waals surface area contributed by atoms with Crippen LogP contribution in [0.25, 0.3) is 0 Å². The first-order valence-corrected chi connectivity index (χ1v) is 6.83. The molecular formula is C13H27N3O3. The average molecular weight is 273 g/mol. The number of likely N-dealkylation sites (N-methyl/N-ethyl adjacent to an activating group) is 1. The van der Waals surface area contributed by atoms with Gasteiger partial charge in [0.25, 0.3) is 0 Å². The van der Waals surface area contributed by atoms with Gasteiger partial charge in [-0.25, -0.2) is 4.79 Å². The molecule has 112 valence electrons. The summed E-state index contributed by atoms with van der Waals surface area (Å²) < 4.78 is 10.8. The van der Waals surface area contributed by atoms with Gasteiger partial charge in [-0.2, -0.15) is 0 Å². The highest BCUT2D eigenvalue weighted by Crippen LogP contribution is 2.08. The van der Waals surface area contributed by atoms with Gasteiger partial charge in [0.1, 0.15) is 5.60 Å². The molecule has 1 N–H and O–H groups in total. The Morgan fingerprint density at radius 3 is 2.53 bits per heavy atom. The fourth-order valence-corrected chi connectivity index (χ4v) is 1.67. The maximum absolute atomic E-state index is 11.7. The van der Waals surface area contributed by atoms with Crippen LogP contribution in [0.15, 0.2) is 0 Å². The standard InChI is InChI=1S/C13H27N3O3/c1-13(2,3)19-12(17)15(4)9-10-18-11-16-7-5-14-6-8-16/h14H,5-11H2,1-4H3. The van der Waals surface area contributed by atoms with Crippen molar-refractivity contribution in [2.75, 3.05) is 53.1 Å². The van der Waals surface area contributed by atoms with Crippen LogP contribution >= 0.6 is 0 Å². The summed E-state index contributed by atoms with van der Waals surface area (Å²) in [5, 5.41) is 3.29. The van der Waals surface area contributed by atoms with E-state index in [1.54, 1.807) is 11.9 Å². The predicted octanol–water partition coefficient (Wildman–Crippen LogP) is 0.733. The topological polar surface area (TPSA) is 54.0 Å². The van der Waals surface area contributed by atoms with E-state index in [0.717, 1.165) is 26.2 Å². The maximum Gasteiger partial charge on any atom is 0.410 e. The lowest BCUT2D eigenvalue weighted by Gasteiger charge is -2.27. The van der Waals surface area contributed by atoms with Crippen LogP contribution in [-0.2, 0) is 9.47 Å². The molecule has 0 aromatic rings. The Balaban J connectivity index is 2.09. The lowest BCUT2D eigenvalue weighted by molar-refractivity contribution is 0.00238. The minimum Gasteiger partial charge on any atom is -0.444 e. The maximum atomic E-state index is 11.7. The number of piperazine rings is 1. The molecule has 0 aromatic heterocycles. The summed E-state index contributed by atoms with van der Waals surface area (Å²) in [7, 11) is 1.72. The molecule has 6 heteroatoms. The van der Waals surface area contributed by atoms with Gasteiger partial charge in [0.05, 0.1) is 13.3 Å². The van der Waals surface area contributed by atoms with E-state index in [1.807, 2.05) is 20.8 Å². The van der Waals surface area contributed by atoms with Crippen LogP contribution in [0.2, 0.25) is 0 Å². The number of carbonyl (C=O) groups excluding carboxylic acids is 1. The third kappa shape index (κ3) is 7.34. The molecular weight excluding hydrogens is 246 g/mol. The third-order valence-electron chi connectivity index (χ3n) is 2.76. The summed E-state index contributed by atoms with van der Waals surface area (Å²) in [6, 6.07) is 0. The van der Waals surface area contributed by atoms with Crippen LogP contribution in [0, 0.1) is 0 Å². The Morgan fingerprint density at radius 1 is 1.32 bits per heavy atom. The van der Waals surface area contributed by atoms with Crippen molar-refractivity contribution < 1.29 is 14.3 Å². The highest BCUT2D eigenvalue weighted by Gasteiger charge is 2.19. The van der Waals surface area contributed by atoms with Crippen molar-refractivity contribution in [1.82, 2.24) is 15.1 Å². The number of amides is 1. The van der Waals surface area contributed by atoms with E-state index in [2.05, 4.69) is 10.2 Å². The Kier molecular flexibility index (Phi) is 6.54. The van der Waals surface area contributed by atoms with Gasteiger partial charge in [-0.1, -0.05) is 0 Å². The number of nitrogens with zero attached hydrogens (tertiary/aromatic N) is 2. The van der Waals surface area contributed by atoms with Crippen LogP contribution in [0.4, 0.5) is 4.79 Å². The largest absolute Gasteiger partial charge is 0.444 e. The monoisotopic (exact) mass is 273 g/mol. The molecule has 0 spiro atoms. The van der Waals surface area contributed by atoms with Crippen molar-refractivity contribution in [3.8, 4) is 0 Å². The summed E-state index contributed by atoms with van der Waals surface area (Å²) in [6.45, 7) is 11.3. The zero-order chi connectivity index (χ0) is 14.3. The van der Waals surface area contributed by atoms with E-state index in [-0.39, 0.29) is 6.09 Å². The summed E-state index contributed by atoms with van der Waals surface area (Å²) in [6.07, 6.45) is -0.307. The fourth-order valence-electron chi connectivity index (χ4n) is 1.67. The number of rotatable bonds is 5. The molecule has 0 aromatic carbocycles. The molecule has 19 heavy (non-hydrogen) atoms. The zero-order valence-corrected chi connectivity index (χ0v) is 12.6. The summed E-state index contributed by atoms with van der Waals surface area (Å²) >= 11 is 0. The molecule has 0 radical (unpaired) electrons. The van der Waals surface area contributed by atoms with Gasteiger partial charge in [-0.3, -0.25) is 4.90 Å². The smallest absolute Gasteiger partial charge is 0.410 e. The average Bonchev–Trinajstić information content (AvgIpc) is 2.33. The number of hydrogen-bond donors (Lipinski definition) is 1. The first-order valence-electron chi connectivity index (χ1n) is 6.83. The summed E-state index contributed by atoms with van der Waals surface area (Å²) in [5.74, 6) is 0. The molecule has 1 aliphatic rings. The summed E-state index contributed by atoms with van der Waals surface area (Å²) in [5.41, 5.74) is -0.451. The second kappa shape index (κ2) is 7.67. The van der Waals surface area contributed by atoms with Crippen LogP contribution in [0.5, 0.6) is 0 Å². The second-order valence-corrected chi connectivity index (χ2v) is 5.81. The number of carbonyl (C=O) groups is 1. The highest BCUT2D eigenvalue weighted by molar-refractivity contribution is 5.67. The molecule has 1 saturated heterocycles. The van der Waals surface area contributed by atoms with E-state index >= 15 is 0 Å². The van der Waals surface area contributed by atoms with Gasteiger partial charge in [0.2, 0.25) is 0 Å². The van der Waals surface area contributed by atoms with Gasteiger partial charge < -0.3 is 19.7 Å². The van der Waals surface area contributed by atoms with E-state index in [4.69, 9.17) is 9.47 Å². The van der Waals surface area contributed by atoms with Crippen LogP contribution < -0.4 is 5.32 Å². The Bertz CT molecular complexity index is 273. The normalized spacial score (nSPS) is 17.3. The fraction of sp³-hybridized carbons (Fsp3) is 0.923. The van der Waals surface area contributed by atoms with Crippen molar-refractivity contribution in [2.45, 2.75) is 26.4 Å². The molecule has 0 unspecified atom stereocenters. The molecule has 1 heterocycles. The van der Waals surface area contributed by atoms with Gasteiger partial charge in [0.15, 0.2) is 0 Å². The van der Waals surface area contributed by atoms with Gasteiger partial charge >= 0.3 is 6.09 Å². The van der Waals surface area contributed by atoms with Gasteiger partial charge in [0, 0.05) is 39.8 Å². The van der Waals surface area contributed by atoms with E-state index in [1.165, 1.54) is 0 Å². The van der Waals surface area contributed by atoms with Crippen molar-refractivity contribution in [2.24, 2.45) is 0 Å². The molecule has 0 atom stereocenters. The predicted molar refractivity (Wildman–Crippen MR) is 74.1 cm³/mol. The van der Waals surface area contributed by atoms with E-state index in [0.29, 0.717) is 19.9 Å². The van der Waals surface area contributed by atoms with Crippen molar-refractivity contribution >= 4 is 6.09 Å². The SMILES string of the molecule is CN(CCOCN1CCNCC1)C(=O)OC(C)(C)C. The van der Waals surface area contributed by atoms with Crippen molar-refractivity contribution in [1.29, 1.82) is 0 Å². The van der Waals surface area contributed by atoms with E-state index in [9.17, 15) is 4.79 Å². The molecule has 0 saturated carbocycles. The Morgan fingerprint density at radius 2 is 1.95 bits per heavy atom. The zero-order valence-electron chi connectivity index (χ0n) is 12.6. The minimum absolute atomic E-state index is 0.307. The molecule has 0 aliphatic carbocycles. The van der Waals surface area contributed by atoms with Crippen LogP contribution in [-0.4, -0.2) is 74.6 Å². The second-order valence-electron chi connectivity index (χ2n) is 5.81. The highest BCUT2D eigenvalue weighted by atomic mass is 16.6. The minimum atomic E-state index is -0.451. The van der Waals surface area contributed by atoms with Crippen molar-refractivity contribution in [3.63, 3.8) is 0 Å².